The van der Waals surface area contributed by atoms with Crippen LogP contribution in [0.1, 0.15) is 58.8 Å². The van der Waals surface area contributed by atoms with Crippen LogP contribution < -0.4 is 5.73 Å². The van der Waals surface area contributed by atoms with Crippen LogP contribution in [0.15, 0.2) is 0 Å². The lowest BCUT2D eigenvalue weighted by Gasteiger charge is -2.41. The molecule has 2 unspecified atom stereocenters. The Balaban J connectivity index is 1.95. The lowest BCUT2D eigenvalue weighted by atomic mass is 9.88. The van der Waals surface area contributed by atoms with E-state index >= 15 is 0 Å². The summed E-state index contributed by atoms with van der Waals surface area (Å²) >= 11 is 0. The molecule has 0 bridgehead atoms. The van der Waals surface area contributed by atoms with Crippen LogP contribution in [0, 0.1) is 0 Å². The predicted octanol–water partition coefficient (Wildman–Crippen LogP) is 2.45. The Hall–Kier alpha value is -0.120. The summed E-state index contributed by atoms with van der Waals surface area (Å²) in [6, 6.07) is 0.807. The smallest absolute Gasteiger partial charge is 0.0329 e. The van der Waals surface area contributed by atoms with E-state index in [0.717, 1.165) is 12.6 Å². The van der Waals surface area contributed by atoms with Crippen molar-refractivity contribution < 1.29 is 0 Å². The number of nitrogens with two attached hydrogens (primary N) is 1. The minimum Gasteiger partial charge on any atom is -0.329 e. The molecule has 2 aliphatic rings. The van der Waals surface area contributed by atoms with Gasteiger partial charge in [-0.25, -0.2) is 0 Å². The Morgan fingerprint density at radius 1 is 1.16 bits per heavy atom. The molecule has 19 heavy (non-hydrogen) atoms. The zero-order chi connectivity index (χ0) is 13.7. The molecule has 112 valence electrons. The molecule has 0 radical (unpaired) electrons. The fraction of sp³-hybridized carbons (Fsp3) is 1.00. The first-order chi connectivity index (χ1) is 9.25. The first-order valence-electron chi connectivity index (χ1n) is 8.45. The highest BCUT2D eigenvalue weighted by atomic mass is 15.3. The minimum absolute atomic E-state index is 0.282. The second-order valence-electron chi connectivity index (χ2n) is 6.52. The molecule has 0 aromatic carbocycles. The minimum atomic E-state index is 0.282. The number of rotatable bonds is 7. The third-order valence-corrected chi connectivity index (χ3v) is 5.53. The first-order valence-corrected chi connectivity index (χ1v) is 8.45. The van der Waals surface area contributed by atoms with Crippen LogP contribution in [-0.4, -0.2) is 54.1 Å². The third-order valence-electron chi connectivity index (χ3n) is 5.53. The van der Waals surface area contributed by atoms with E-state index in [4.69, 9.17) is 5.73 Å². The zero-order valence-electron chi connectivity index (χ0n) is 13.0. The monoisotopic (exact) mass is 267 g/mol. The van der Waals surface area contributed by atoms with Gasteiger partial charge in [0.05, 0.1) is 0 Å². The van der Waals surface area contributed by atoms with Crippen molar-refractivity contribution in [2.75, 3.05) is 32.7 Å². The van der Waals surface area contributed by atoms with Gasteiger partial charge >= 0.3 is 0 Å². The molecule has 2 saturated heterocycles. The molecule has 2 fully saturated rings. The Labute approximate surface area is 119 Å². The van der Waals surface area contributed by atoms with Crippen LogP contribution >= 0.6 is 0 Å². The summed E-state index contributed by atoms with van der Waals surface area (Å²) in [5.74, 6) is 0. The molecule has 0 spiro atoms. The molecule has 0 aromatic rings. The predicted molar refractivity (Wildman–Crippen MR) is 82.4 cm³/mol. The second kappa shape index (κ2) is 7.05. The molecule has 2 heterocycles. The fourth-order valence-electron chi connectivity index (χ4n) is 4.02. The topological polar surface area (TPSA) is 32.5 Å². The molecule has 0 aliphatic carbocycles. The average Bonchev–Trinajstić information content (AvgIpc) is 3.11. The van der Waals surface area contributed by atoms with Gasteiger partial charge < -0.3 is 5.73 Å². The van der Waals surface area contributed by atoms with E-state index in [1.54, 1.807) is 0 Å². The first kappa shape index (κ1) is 15.3. The molecule has 0 amide bonds. The van der Waals surface area contributed by atoms with Crippen LogP contribution in [0.4, 0.5) is 0 Å². The van der Waals surface area contributed by atoms with Crippen LogP contribution in [-0.2, 0) is 0 Å². The van der Waals surface area contributed by atoms with Gasteiger partial charge in [-0.15, -0.1) is 0 Å². The Bertz CT molecular complexity index is 257. The van der Waals surface area contributed by atoms with E-state index < -0.39 is 0 Å². The number of hydrogen-bond acceptors (Lipinski definition) is 3. The molecule has 3 heteroatoms. The van der Waals surface area contributed by atoms with Gasteiger partial charge in [0.1, 0.15) is 0 Å². The summed E-state index contributed by atoms with van der Waals surface area (Å²) in [7, 11) is 0. The highest BCUT2D eigenvalue weighted by Crippen LogP contribution is 2.31. The SMILES string of the molecule is CCCCC(CC)(CN)N1CCC(N2CCCC2)C1. The van der Waals surface area contributed by atoms with Gasteiger partial charge in [0, 0.05) is 31.2 Å². The van der Waals surface area contributed by atoms with Crippen molar-refractivity contribution in [2.24, 2.45) is 5.73 Å². The maximum absolute atomic E-state index is 6.18. The summed E-state index contributed by atoms with van der Waals surface area (Å²) in [6.45, 7) is 10.6. The molecule has 2 rings (SSSR count). The highest BCUT2D eigenvalue weighted by molar-refractivity contribution is 4.97. The van der Waals surface area contributed by atoms with Crippen molar-refractivity contribution >= 4 is 0 Å². The summed E-state index contributed by atoms with van der Waals surface area (Å²) in [5, 5.41) is 0. The molecule has 2 aliphatic heterocycles. The van der Waals surface area contributed by atoms with Crippen molar-refractivity contribution in [3.05, 3.63) is 0 Å². The Kier molecular flexibility index (Phi) is 5.67. The van der Waals surface area contributed by atoms with Crippen LogP contribution in [0.25, 0.3) is 0 Å². The van der Waals surface area contributed by atoms with E-state index in [1.165, 1.54) is 71.1 Å². The average molecular weight is 267 g/mol. The Morgan fingerprint density at radius 2 is 1.89 bits per heavy atom. The van der Waals surface area contributed by atoms with Crippen LogP contribution in [0.3, 0.4) is 0 Å². The normalized spacial score (nSPS) is 28.9. The van der Waals surface area contributed by atoms with E-state index in [1.807, 2.05) is 0 Å². The Morgan fingerprint density at radius 3 is 2.47 bits per heavy atom. The zero-order valence-corrected chi connectivity index (χ0v) is 13.0. The second-order valence-corrected chi connectivity index (χ2v) is 6.52. The lowest BCUT2D eigenvalue weighted by molar-refractivity contribution is 0.0947. The number of likely N-dealkylation sites (tertiary alicyclic amines) is 2. The summed E-state index contributed by atoms with van der Waals surface area (Å²) in [6.07, 6.45) is 9.25. The summed E-state index contributed by atoms with van der Waals surface area (Å²) < 4.78 is 0. The van der Waals surface area contributed by atoms with Crippen molar-refractivity contribution in [1.29, 1.82) is 0 Å². The quantitative estimate of drug-likeness (QED) is 0.769. The third kappa shape index (κ3) is 3.32. The molecule has 3 nitrogen and oxygen atoms in total. The fourth-order valence-corrected chi connectivity index (χ4v) is 4.02. The molecule has 0 saturated carbocycles. The molecular weight excluding hydrogens is 234 g/mol. The number of unbranched alkanes of at least 4 members (excludes halogenated alkanes) is 1. The van der Waals surface area contributed by atoms with Crippen molar-refractivity contribution in [2.45, 2.75) is 70.4 Å². The van der Waals surface area contributed by atoms with Crippen molar-refractivity contribution in [3.8, 4) is 0 Å². The van der Waals surface area contributed by atoms with Crippen molar-refractivity contribution in [3.63, 3.8) is 0 Å². The van der Waals surface area contributed by atoms with E-state index in [9.17, 15) is 0 Å². The van der Waals surface area contributed by atoms with Gasteiger partial charge in [0.25, 0.3) is 0 Å². The lowest BCUT2D eigenvalue weighted by Crippen LogP contribution is -2.53. The largest absolute Gasteiger partial charge is 0.329 e. The maximum atomic E-state index is 6.18. The number of nitrogens with zero attached hydrogens (tertiary/aromatic N) is 2. The van der Waals surface area contributed by atoms with E-state index in [0.29, 0.717) is 0 Å². The van der Waals surface area contributed by atoms with Gasteiger partial charge in [-0.1, -0.05) is 26.7 Å². The number of hydrogen-bond donors (Lipinski definition) is 1. The van der Waals surface area contributed by atoms with E-state index in [2.05, 4.69) is 23.6 Å². The van der Waals surface area contributed by atoms with Crippen LogP contribution in [0.5, 0.6) is 0 Å². The highest BCUT2D eigenvalue weighted by Gasteiger charge is 2.39. The van der Waals surface area contributed by atoms with Gasteiger partial charge in [-0.2, -0.15) is 0 Å². The standard InChI is InChI=1S/C16H33N3/c1-3-5-9-16(4-2,14-17)19-12-8-15(13-19)18-10-6-7-11-18/h15H,3-14,17H2,1-2H3. The van der Waals surface area contributed by atoms with Gasteiger partial charge in [-0.3, -0.25) is 9.80 Å². The maximum Gasteiger partial charge on any atom is 0.0329 e. The molecular formula is C16H33N3. The molecule has 2 atom stereocenters. The van der Waals surface area contributed by atoms with E-state index in [-0.39, 0.29) is 5.54 Å². The van der Waals surface area contributed by atoms with Gasteiger partial charge in [0.2, 0.25) is 0 Å². The molecule has 0 aromatic heterocycles. The van der Waals surface area contributed by atoms with Gasteiger partial charge in [0.15, 0.2) is 0 Å². The summed E-state index contributed by atoms with van der Waals surface area (Å²) in [5.41, 5.74) is 6.46. The van der Waals surface area contributed by atoms with Crippen molar-refractivity contribution in [1.82, 2.24) is 9.80 Å². The van der Waals surface area contributed by atoms with Crippen LogP contribution in [0.2, 0.25) is 0 Å². The summed E-state index contributed by atoms with van der Waals surface area (Å²) in [4.78, 5) is 5.45. The molecule has 2 N–H and O–H groups in total. The van der Waals surface area contributed by atoms with Gasteiger partial charge in [-0.05, 0) is 45.2 Å².